The van der Waals surface area contributed by atoms with E-state index in [0.717, 1.165) is 80.8 Å². The predicted octanol–water partition coefficient (Wildman–Crippen LogP) is 6.88. The molecule has 2 amide bonds. The molecule has 4 aromatic rings. The molecule has 312 valence electrons. The molecule has 0 saturated heterocycles. The number of fused-ring (bicyclic) bond motifs is 4. The van der Waals surface area contributed by atoms with Crippen molar-refractivity contribution in [2.75, 3.05) is 36.8 Å². The molecular formula is C43H50Cl2N8O6. The zero-order valence-electron chi connectivity index (χ0n) is 33.8. The van der Waals surface area contributed by atoms with Gasteiger partial charge in [0.15, 0.2) is 11.6 Å². The Balaban J connectivity index is 0.931. The maximum atomic E-state index is 13.8. The van der Waals surface area contributed by atoms with Gasteiger partial charge >= 0.3 is 11.9 Å². The second-order valence-corrected chi connectivity index (χ2v) is 18.5. The number of halogens is 2. The molecule has 4 heterocycles. The first-order valence-electron chi connectivity index (χ1n) is 20.2. The molecule has 4 aliphatic rings. The van der Waals surface area contributed by atoms with Gasteiger partial charge in [-0.25, -0.2) is 9.97 Å². The van der Waals surface area contributed by atoms with Crippen molar-refractivity contribution in [3.05, 3.63) is 80.9 Å². The highest BCUT2D eigenvalue weighted by Gasteiger charge is 2.57. The second-order valence-electron chi connectivity index (χ2n) is 17.7. The quantitative estimate of drug-likeness (QED) is 0.118. The molecule has 0 atom stereocenters. The molecule has 2 fully saturated rings. The minimum Gasteiger partial charge on any atom is -0.481 e. The lowest BCUT2D eigenvalue weighted by Crippen LogP contribution is -2.41. The van der Waals surface area contributed by atoms with Crippen molar-refractivity contribution >= 4 is 58.3 Å². The molecule has 2 aromatic heterocycles. The molecule has 16 heteroatoms. The second kappa shape index (κ2) is 15.4. The average Bonchev–Trinajstić information content (AvgIpc) is 3.96. The third-order valence-electron chi connectivity index (χ3n) is 13.5. The maximum Gasteiger partial charge on any atom is 0.310 e. The van der Waals surface area contributed by atoms with Gasteiger partial charge < -0.3 is 30.0 Å². The molecule has 0 unspecified atom stereocenters. The lowest BCUT2D eigenvalue weighted by atomic mass is 9.80. The first-order chi connectivity index (χ1) is 28.0. The van der Waals surface area contributed by atoms with Crippen LogP contribution in [0.1, 0.15) is 96.4 Å². The van der Waals surface area contributed by atoms with Crippen LogP contribution in [0.25, 0.3) is 11.1 Å². The summed E-state index contributed by atoms with van der Waals surface area (Å²) >= 11 is 13.9. The van der Waals surface area contributed by atoms with Crippen molar-refractivity contribution in [3.8, 4) is 11.1 Å². The largest absolute Gasteiger partial charge is 0.481 e. The van der Waals surface area contributed by atoms with E-state index < -0.39 is 34.6 Å². The summed E-state index contributed by atoms with van der Waals surface area (Å²) in [6.07, 6.45) is 6.68. The van der Waals surface area contributed by atoms with Crippen molar-refractivity contribution < 1.29 is 29.4 Å². The van der Waals surface area contributed by atoms with Gasteiger partial charge in [-0.2, -0.15) is 0 Å². The Morgan fingerprint density at radius 3 is 1.73 bits per heavy atom. The number of carbonyl (C=O) groups excluding carboxylic acids is 2. The molecule has 0 spiro atoms. The van der Waals surface area contributed by atoms with Gasteiger partial charge in [0.05, 0.1) is 43.6 Å². The summed E-state index contributed by atoms with van der Waals surface area (Å²) in [6.45, 7) is 7.21. The molecule has 14 nitrogen and oxygen atoms in total. The van der Waals surface area contributed by atoms with Crippen LogP contribution in [0.3, 0.4) is 0 Å². The number of aromatic nitrogens is 4. The van der Waals surface area contributed by atoms with Gasteiger partial charge in [0.25, 0.3) is 11.8 Å². The van der Waals surface area contributed by atoms with Crippen LogP contribution in [0.15, 0.2) is 36.4 Å². The lowest BCUT2D eigenvalue weighted by Gasteiger charge is -2.32. The van der Waals surface area contributed by atoms with Crippen molar-refractivity contribution in [2.45, 2.75) is 78.3 Å². The third kappa shape index (κ3) is 7.53. The predicted molar refractivity (Wildman–Crippen MR) is 224 cm³/mol. The molecule has 2 aromatic carbocycles. The molecular weight excluding hydrogens is 795 g/mol. The summed E-state index contributed by atoms with van der Waals surface area (Å²) in [5, 5.41) is 25.8. The third-order valence-corrected chi connectivity index (χ3v) is 14.3. The highest BCUT2D eigenvalue weighted by atomic mass is 35.5. The van der Waals surface area contributed by atoms with E-state index in [1.807, 2.05) is 16.5 Å². The molecule has 2 aliphatic heterocycles. The van der Waals surface area contributed by atoms with E-state index in [9.17, 15) is 29.4 Å². The van der Waals surface area contributed by atoms with E-state index in [2.05, 4.69) is 20.5 Å². The summed E-state index contributed by atoms with van der Waals surface area (Å²) < 4.78 is 3.63. The Labute approximate surface area is 352 Å². The summed E-state index contributed by atoms with van der Waals surface area (Å²) in [5.74, 6) is -1.85. The minimum atomic E-state index is -0.919. The number of aliphatic carboxylic acids is 2. The fourth-order valence-corrected chi connectivity index (χ4v) is 10.5. The number of carboxylic acids is 2. The van der Waals surface area contributed by atoms with Gasteiger partial charge in [-0.1, -0.05) is 47.5 Å². The van der Waals surface area contributed by atoms with E-state index in [1.165, 1.54) is 0 Å². The Kier molecular flexibility index (Phi) is 10.7. The van der Waals surface area contributed by atoms with Crippen molar-refractivity contribution in [1.82, 2.24) is 28.9 Å². The Hall–Kier alpha value is -4.76. The van der Waals surface area contributed by atoms with Crippen molar-refractivity contribution in [3.63, 3.8) is 0 Å². The van der Waals surface area contributed by atoms with Crippen LogP contribution >= 0.6 is 23.2 Å². The van der Waals surface area contributed by atoms with Crippen LogP contribution in [-0.2, 0) is 49.6 Å². The smallest absolute Gasteiger partial charge is 0.310 e. The van der Waals surface area contributed by atoms with E-state index in [1.54, 1.807) is 61.9 Å². The van der Waals surface area contributed by atoms with Crippen molar-refractivity contribution in [2.24, 2.45) is 30.3 Å². The standard InChI is InChI=1S/C43H50Cl2N8O6/c1-41(2,39(56)57)24-53-19-12-32-30(22-53)47-36(51(32)4)38(55)49-28-10-6-8-26(34(28)45)25-7-5-9-27(33(25)44)48-37(54)35-46-29-21-52(18-11-31(29)50(35)3)20-17-42-13-15-43(23-42,16-14-42)40(58)59/h5-10H,11-24H2,1-4H3,(H,48,54)(H,49,55)(H,56,57)(H,58,59). The number of carbonyl (C=O) groups is 4. The van der Waals surface area contributed by atoms with E-state index >= 15 is 0 Å². The van der Waals surface area contributed by atoms with Gasteiger partial charge in [-0.05, 0) is 76.5 Å². The molecule has 2 saturated carbocycles. The lowest BCUT2D eigenvalue weighted by molar-refractivity contribution is -0.149. The van der Waals surface area contributed by atoms with Gasteiger partial charge in [-0.15, -0.1) is 0 Å². The number of amides is 2. The van der Waals surface area contributed by atoms with Crippen LogP contribution in [0.2, 0.25) is 10.0 Å². The zero-order valence-corrected chi connectivity index (χ0v) is 35.3. The molecule has 2 bridgehead atoms. The van der Waals surface area contributed by atoms with Crippen LogP contribution in [0, 0.1) is 16.2 Å². The van der Waals surface area contributed by atoms with Crippen molar-refractivity contribution in [1.29, 1.82) is 0 Å². The zero-order chi connectivity index (χ0) is 42.0. The van der Waals surface area contributed by atoms with Crippen LogP contribution < -0.4 is 10.6 Å². The number of rotatable bonds is 12. The van der Waals surface area contributed by atoms with Crippen LogP contribution in [0.5, 0.6) is 0 Å². The van der Waals surface area contributed by atoms with E-state index in [-0.39, 0.29) is 27.1 Å². The van der Waals surface area contributed by atoms with E-state index in [4.69, 9.17) is 28.2 Å². The number of hydrogen-bond acceptors (Lipinski definition) is 8. The Morgan fingerprint density at radius 2 is 1.25 bits per heavy atom. The number of hydrogen-bond donors (Lipinski definition) is 4. The fourth-order valence-electron chi connectivity index (χ4n) is 9.91. The van der Waals surface area contributed by atoms with Gasteiger partial charge in [0.1, 0.15) is 0 Å². The van der Waals surface area contributed by atoms with Gasteiger partial charge in [0.2, 0.25) is 0 Å². The number of imidazole rings is 2. The van der Waals surface area contributed by atoms with Gasteiger partial charge in [-0.3, -0.25) is 29.0 Å². The number of benzene rings is 2. The van der Waals surface area contributed by atoms with E-state index in [0.29, 0.717) is 55.1 Å². The first-order valence-corrected chi connectivity index (χ1v) is 21.0. The number of carboxylic acid groups (broad SMARTS) is 2. The minimum absolute atomic E-state index is 0.120. The maximum absolute atomic E-state index is 13.8. The number of anilines is 2. The highest BCUT2D eigenvalue weighted by molar-refractivity contribution is 6.40. The normalized spacial score (nSPS) is 21.6. The molecule has 2 aliphatic carbocycles. The number of nitrogens with zero attached hydrogens (tertiary/aromatic N) is 6. The average molecular weight is 846 g/mol. The molecule has 0 radical (unpaired) electrons. The Morgan fingerprint density at radius 1 is 0.763 bits per heavy atom. The summed E-state index contributed by atoms with van der Waals surface area (Å²) in [7, 11) is 3.65. The Bertz CT molecular complexity index is 2380. The highest BCUT2D eigenvalue weighted by Crippen LogP contribution is 2.63. The number of nitrogens with one attached hydrogen (secondary N) is 2. The summed E-state index contributed by atoms with van der Waals surface area (Å²) in [6, 6.07) is 10.5. The van der Waals surface area contributed by atoms with Crippen LogP contribution in [-0.4, -0.2) is 89.0 Å². The summed E-state index contributed by atoms with van der Waals surface area (Å²) in [4.78, 5) is 64.9. The van der Waals surface area contributed by atoms with Crippen LogP contribution in [0.4, 0.5) is 11.4 Å². The molecule has 59 heavy (non-hydrogen) atoms. The topological polar surface area (TPSA) is 175 Å². The molecule has 8 rings (SSSR count). The monoisotopic (exact) mass is 844 g/mol. The molecule has 4 N–H and O–H groups in total. The van der Waals surface area contributed by atoms with Gasteiger partial charge in [0, 0.05) is 82.2 Å². The SMILES string of the molecule is Cn1c(C(=O)Nc2cccc(-c3cccc(NC(=O)c4nc5c(n4C)CCN(CC(C)(C)C(=O)O)C5)c3Cl)c2Cl)nc2c1CCN(CCC13CCC(C(=O)O)(CC1)C3)C2. The summed E-state index contributed by atoms with van der Waals surface area (Å²) in [5.41, 5.74) is 4.09. The first kappa shape index (κ1) is 41.0. The fraction of sp³-hybridized carbons (Fsp3) is 0.488.